The molecule has 1 aromatic carbocycles. The van der Waals surface area contributed by atoms with Crippen LogP contribution in [0.15, 0.2) is 29.2 Å². The van der Waals surface area contributed by atoms with E-state index in [-0.39, 0.29) is 4.91 Å². The Morgan fingerprint density at radius 3 is 2.37 bits per heavy atom. The van der Waals surface area contributed by atoms with Crippen LogP contribution >= 0.6 is 11.8 Å². The van der Waals surface area contributed by atoms with Gasteiger partial charge in [-0.3, -0.25) is 14.4 Å². The average molecular weight is 277 g/mol. The van der Waals surface area contributed by atoms with E-state index < -0.39 is 17.1 Å². The molecule has 1 fully saturated rings. The summed E-state index contributed by atoms with van der Waals surface area (Å²) in [5.74, 6) is -0.437. The highest BCUT2D eigenvalue weighted by Gasteiger charge is 2.37. The highest BCUT2D eigenvalue weighted by Crippen LogP contribution is 2.32. The van der Waals surface area contributed by atoms with Gasteiger partial charge in [0.1, 0.15) is 5.75 Å². The first-order chi connectivity index (χ1) is 9.02. The summed E-state index contributed by atoms with van der Waals surface area (Å²) in [6.45, 7) is 1.19. The van der Waals surface area contributed by atoms with E-state index in [1.54, 1.807) is 37.5 Å². The van der Waals surface area contributed by atoms with Gasteiger partial charge in [-0.15, -0.1) is 0 Å². The normalized spacial score (nSPS) is 17.2. The largest absolute Gasteiger partial charge is 0.497 e. The monoisotopic (exact) mass is 277 g/mol. The van der Waals surface area contributed by atoms with E-state index in [0.29, 0.717) is 10.6 Å². The number of carbonyl (C=O) groups excluding carboxylic acids is 3. The van der Waals surface area contributed by atoms with Crippen molar-refractivity contribution < 1.29 is 19.1 Å². The smallest absolute Gasteiger partial charge is 0.300 e. The minimum absolute atomic E-state index is 0.241. The van der Waals surface area contributed by atoms with Crippen molar-refractivity contribution in [3.05, 3.63) is 34.7 Å². The van der Waals surface area contributed by atoms with Gasteiger partial charge in [-0.1, -0.05) is 12.1 Å². The Morgan fingerprint density at radius 2 is 1.89 bits per heavy atom. The lowest BCUT2D eigenvalue weighted by atomic mass is 10.2. The van der Waals surface area contributed by atoms with Gasteiger partial charge in [0, 0.05) is 6.92 Å². The second-order valence-electron chi connectivity index (χ2n) is 3.81. The number of ether oxygens (including phenoxy) is 1. The van der Waals surface area contributed by atoms with E-state index in [0.717, 1.165) is 17.3 Å². The first-order valence-corrected chi connectivity index (χ1v) is 6.27. The molecule has 0 atom stereocenters. The molecule has 3 amide bonds. The highest BCUT2D eigenvalue weighted by molar-refractivity contribution is 8.18. The maximum absolute atomic E-state index is 11.9. The molecule has 19 heavy (non-hydrogen) atoms. The summed E-state index contributed by atoms with van der Waals surface area (Å²) in [4.78, 5) is 35.4. The number of carbonyl (C=O) groups is 3. The lowest BCUT2D eigenvalue weighted by Gasteiger charge is -2.05. The molecule has 0 aromatic heterocycles. The number of methoxy groups -OCH3 is 1. The number of hydrogen-bond acceptors (Lipinski definition) is 5. The van der Waals surface area contributed by atoms with E-state index >= 15 is 0 Å². The summed E-state index contributed by atoms with van der Waals surface area (Å²) in [5, 5.41) is -0.558. The zero-order valence-electron chi connectivity index (χ0n) is 10.4. The molecule has 0 unspecified atom stereocenters. The standard InChI is InChI=1S/C13H11NO4S/c1-8(15)14-12(16)11(19-13(14)17)7-9-3-5-10(18-2)6-4-9/h3-7H,1-2H3/b11-7-. The minimum Gasteiger partial charge on any atom is -0.497 e. The van der Waals surface area contributed by atoms with Gasteiger partial charge in [0.05, 0.1) is 12.0 Å². The van der Waals surface area contributed by atoms with Gasteiger partial charge in [0.15, 0.2) is 0 Å². The van der Waals surface area contributed by atoms with E-state index in [9.17, 15) is 14.4 Å². The molecule has 0 saturated carbocycles. The van der Waals surface area contributed by atoms with E-state index in [2.05, 4.69) is 0 Å². The first kappa shape index (κ1) is 13.4. The van der Waals surface area contributed by atoms with Gasteiger partial charge in [0.2, 0.25) is 5.91 Å². The van der Waals surface area contributed by atoms with Gasteiger partial charge in [-0.05, 0) is 35.5 Å². The van der Waals surface area contributed by atoms with Crippen LogP contribution in [0.25, 0.3) is 6.08 Å². The Hall–Kier alpha value is -2.08. The van der Waals surface area contributed by atoms with Crippen LogP contribution in [0.5, 0.6) is 5.75 Å². The molecule has 0 bridgehead atoms. The van der Waals surface area contributed by atoms with Crippen molar-refractivity contribution in [2.75, 3.05) is 7.11 Å². The Bertz CT molecular complexity index is 577. The minimum atomic E-state index is -0.571. The van der Waals surface area contributed by atoms with Gasteiger partial charge in [-0.25, -0.2) is 4.90 Å². The zero-order chi connectivity index (χ0) is 14.0. The molecule has 6 heteroatoms. The van der Waals surface area contributed by atoms with Crippen molar-refractivity contribution in [2.24, 2.45) is 0 Å². The van der Waals surface area contributed by atoms with Crippen molar-refractivity contribution >= 4 is 34.9 Å². The fourth-order valence-electron chi connectivity index (χ4n) is 1.59. The number of benzene rings is 1. The van der Waals surface area contributed by atoms with Crippen molar-refractivity contribution in [1.82, 2.24) is 4.90 Å². The SMILES string of the molecule is COc1ccc(/C=C2\SC(=O)N(C(C)=O)C2=O)cc1. The summed E-state index contributed by atoms with van der Waals surface area (Å²) in [6.07, 6.45) is 1.58. The quantitative estimate of drug-likeness (QED) is 0.776. The van der Waals surface area contributed by atoms with Crippen molar-refractivity contribution in [1.29, 1.82) is 0 Å². The molecular weight excluding hydrogens is 266 g/mol. The third kappa shape index (κ3) is 2.68. The molecule has 5 nitrogen and oxygen atoms in total. The molecule has 0 aliphatic carbocycles. The fourth-order valence-corrected chi connectivity index (χ4v) is 2.46. The molecule has 0 spiro atoms. The van der Waals surface area contributed by atoms with Gasteiger partial charge >= 0.3 is 0 Å². The number of nitrogens with zero attached hydrogens (tertiary/aromatic N) is 1. The number of amides is 3. The Morgan fingerprint density at radius 1 is 1.26 bits per heavy atom. The van der Waals surface area contributed by atoms with Crippen molar-refractivity contribution in [2.45, 2.75) is 6.92 Å². The molecule has 1 aliphatic rings. The lowest BCUT2D eigenvalue weighted by molar-refractivity contribution is -0.135. The molecule has 0 N–H and O–H groups in total. The maximum Gasteiger partial charge on any atom is 0.300 e. The lowest BCUT2D eigenvalue weighted by Crippen LogP contribution is -2.32. The van der Waals surface area contributed by atoms with Gasteiger partial charge in [-0.2, -0.15) is 0 Å². The molecule has 0 radical (unpaired) electrons. The predicted octanol–water partition coefficient (Wildman–Crippen LogP) is 2.28. The third-order valence-electron chi connectivity index (χ3n) is 2.52. The van der Waals surface area contributed by atoms with E-state index in [4.69, 9.17) is 4.74 Å². The molecule has 1 heterocycles. The fraction of sp³-hybridized carbons (Fsp3) is 0.154. The summed E-state index contributed by atoms with van der Waals surface area (Å²) in [5.41, 5.74) is 0.759. The average Bonchev–Trinajstić information content (AvgIpc) is 2.65. The van der Waals surface area contributed by atoms with Crippen molar-refractivity contribution in [3.63, 3.8) is 0 Å². The molecular formula is C13H11NO4S. The second-order valence-corrected chi connectivity index (χ2v) is 4.80. The highest BCUT2D eigenvalue weighted by atomic mass is 32.2. The van der Waals surface area contributed by atoms with Crippen molar-refractivity contribution in [3.8, 4) is 5.75 Å². The Kier molecular flexibility index (Phi) is 3.71. The van der Waals surface area contributed by atoms with Crippen LogP contribution in [0.1, 0.15) is 12.5 Å². The Balaban J connectivity index is 2.27. The van der Waals surface area contributed by atoms with Crippen LogP contribution in [-0.2, 0) is 9.59 Å². The van der Waals surface area contributed by atoms with Crippen LogP contribution in [-0.4, -0.2) is 29.1 Å². The number of rotatable bonds is 2. The van der Waals surface area contributed by atoms with Crippen LogP contribution < -0.4 is 4.74 Å². The number of hydrogen-bond donors (Lipinski definition) is 0. The Labute approximate surface area is 114 Å². The topological polar surface area (TPSA) is 63.7 Å². The van der Waals surface area contributed by atoms with Gasteiger partial charge < -0.3 is 4.74 Å². The summed E-state index contributed by atoms with van der Waals surface area (Å²) >= 11 is 0.761. The third-order valence-corrected chi connectivity index (χ3v) is 3.39. The molecule has 98 valence electrons. The summed E-state index contributed by atoms with van der Waals surface area (Å²) in [6, 6.07) is 7.03. The van der Waals surface area contributed by atoms with Crippen LogP contribution in [0, 0.1) is 0 Å². The van der Waals surface area contributed by atoms with Crippen LogP contribution in [0.3, 0.4) is 0 Å². The van der Waals surface area contributed by atoms with E-state index in [1.807, 2.05) is 0 Å². The van der Waals surface area contributed by atoms with Gasteiger partial charge in [0.25, 0.3) is 11.1 Å². The number of imide groups is 3. The molecule has 2 rings (SSSR count). The summed E-state index contributed by atoms with van der Waals surface area (Å²) < 4.78 is 5.03. The number of thioether (sulfide) groups is 1. The maximum atomic E-state index is 11.9. The van der Waals surface area contributed by atoms with Crippen LogP contribution in [0.4, 0.5) is 4.79 Å². The first-order valence-electron chi connectivity index (χ1n) is 5.45. The second kappa shape index (κ2) is 5.27. The van der Waals surface area contributed by atoms with Crippen LogP contribution in [0.2, 0.25) is 0 Å². The molecule has 1 saturated heterocycles. The zero-order valence-corrected chi connectivity index (χ0v) is 11.2. The predicted molar refractivity (Wildman–Crippen MR) is 71.5 cm³/mol. The molecule has 1 aromatic rings. The van der Waals surface area contributed by atoms with E-state index in [1.165, 1.54) is 6.92 Å². The summed E-state index contributed by atoms with van der Waals surface area (Å²) in [7, 11) is 1.56. The molecule has 1 aliphatic heterocycles.